The van der Waals surface area contributed by atoms with Crippen molar-refractivity contribution < 1.29 is 23.6 Å². The van der Waals surface area contributed by atoms with Crippen molar-refractivity contribution in [1.82, 2.24) is 15.0 Å². The van der Waals surface area contributed by atoms with Gasteiger partial charge in [0.2, 0.25) is 0 Å². The number of aryl methyl sites for hydroxylation is 1. The molecule has 0 N–H and O–H groups in total. The summed E-state index contributed by atoms with van der Waals surface area (Å²) in [5.41, 5.74) is 0.181. The van der Waals surface area contributed by atoms with E-state index in [-0.39, 0.29) is 27.1 Å². The van der Waals surface area contributed by atoms with Crippen LogP contribution < -0.4 is 0 Å². The lowest BCUT2D eigenvalue weighted by molar-refractivity contribution is -0.150. The Balaban J connectivity index is 1.72. The van der Waals surface area contributed by atoms with Gasteiger partial charge in [-0.1, -0.05) is 28.4 Å². The summed E-state index contributed by atoms with van der Waals surface area (Å²) in [5, 5.41) is 3.88. The second kappa shape index (κ2) is 6.45. The summed E-state index contributed by atoms with van der Waals surface area (Å²) in [6.07, 6.45) is -0.812. The van der Waals surface area contributed by atoms with E-state index in [1.165, 1.54) is 19.1 Å². The maximum Gasteiger partial charge on any atom is 0.326 e. The Morgan fingerprint density at radius 1 is 1.24 bits per heavy atom. The fourth-order valence-corrected chi connectivity index (χ4v) is 2.65. The molecule has 0 aliphatic carbocycles. The Morgan fingerprint density at radius 2 is 1.80 bits per heavy atom. The summed E-state index contributed by atoms with van der Waals surface area (Å²) in [6.45, 7) is 2.60. The number of esters is 1. The molecule has 0 fully saturated rings. The SMILES string of the molecule is Cc1noc(C(C)OC(=O)CN2C(=O)c3cc(Cl)c(Cl)cc3C2=O)n1. The van der Waals surface area contributed by atoms with Crippen LogP contribution >= 0.6 is 23.2 Å². The zero-order valence-electron chi connectivity index (χ0n) is 13.1. The number of imide groups is 1. The fraction of sp³-hybridized carbons (Fsp3) is 0.267. The lowest BCUT2D eigenvalue weighted by Gasteiger charge is -2.14. The number of aromatic nitrogens is 2. The summed E-state index contributed by atoms with van der Waals surface area (Å²) >= 11 is 11.7. The molecule has 2 heterocycles. The van der Waals surface area contributed by atoms with E-state index in [9.17, 15) is 14.4 Å². The monoisotopic (exact) mass is 383 g/mol. The van der Waals surface area contributed by atoms with Crippen molar-refractivity contribution in [3.05, 3.63) is 45.0 Å². The van der Waals surface area contributed by atoms with Crippen LogP contribution in [0, 0.1) is 6.92 Å². The predicted molar refractivity (Wildman–Crippen MR) is 85.4 cm³/mol. The maximum atomic E-state index is 12.3. The van der Waals surface area contributed by atoms with Gasteiger partial charge >= 0.3 is 5.97 Å². The van der Waals surface area contributed by atoms with Crippen molar-refractivity contribution in [3.63, 3.8) is 0 Å². The average molecular weight is 384 g/mol. The number of rotatable bonds is 4. The molecule has 0 bridgehead atoms. The zero-order valence-corrected chi connectivity index (χ0v) is 14.6. The third kappa shape index (κ3) is 3.22. The first-order valence-electron chi connectivity index (χ1n) is 7.13. The molecule has 25 heavy (non-hydrogen) atoms. The Hall–Kier alpha value is -2.45. The van der Waals surface area contributed by atoms with Crippen molar-refractivity contribution in [3.8, 4) is 0 Å². The normalized spacial score (nSPS) is 14.6. The molecule has 3 rings (SSSR count). The lowest BCUT2D eigenvalue weighted by Crippen LogP contribution is -2.36. The number of amides is 2. The molecular weight excluding hydrogens is 373 g/mol. The van der Waals surface area contributed by atoms with E-state index in [1.807, 2.05) is 0 Å². The van der Waals surface area contributed by atoms with Gasteiger partial charge in [-0.2, -0.15) is 4.98 Å². The second-order valence-corrected chi connectivity index (χ2v) is 6.13. The Bertz CT molecular complexity index is 854. The van der Waals surface area contributed by atoms with E-state index in [1.54, 1.807) is 6.92 Å². The number of nitrogens with zero attached hydrogens (tertiary/aromatic N) is 3. The van der Waals surface area contributed by atoms with Gasteiger partial charge < -0.3 is 9.26 Å². The van der Waals surface area contributed by atoms with Crippen LogP contribution in [0.4, 0.5) is 0 Å². The summed E-state index contributed by atoms with van der Waals surface area (Å²) < 4.78 is 10.0. The van der Waals surface area contributed by atoms with Crippen LogP contribution in [0.25, 0.3) is 0 Å². The Kier molecular flexibility index (Phi) is 4.49. The summed E-state index contributed by atoms with van der Waals surface area (Å²) in [7, 11) is 0. The van der Waals surface area contributed by atoms with Crippen molar-refractivity contribution in [2.75, 3.05) is 6.54 Å². The number of ether oxygens (including phenoxy) is 1. The Labute approximate surface area is 151 Å². The highest BCUT2D eigenvalue weighted by Crippen LogP contribution is 2.31. The highest BCUT2D eigenvalue weighted by Gasteiger charge is 2.38. The number of halogens is 2. The minimum atomic E-state index is -0.812. The standard InChI is InChI=1S/C15H11Cl2N3O5/c1-6(13-18-7(2)19-25-13)24-12(21)5-20-14(22)8-3-10(16)11(17)4-9(8)15(20)23/h3-4,6H,5H2,1-2H3. The first kappa shape index (κ1) is 17.4. The smallest absolute Gasteiger partial charge is 0.326 e. The molecule has 2 aromatic rings. The Morgan fingerprint density at radius 3 is 2.28 bits per heavy atom. The number of carbonyl (C=O) groups excluding carboxylic acids is 3. The lowest BCUT2D eigenvalue weighted by atomic mass is 10.1. The molecule has 10 heteroatoms. The van der Waals surface area contributed by atoms with E-state index < -0.39 is 30.4 Å². The van der Waals surface area contributed by atoms with E-state index in [0.29, 0.717) is 5.82 Å². The molecule has 1 aromatic carbocycles. The van der Waals surface area contributed by atoms with Crippen molar-refractivity contribution in [2.24, 2.45) is 0 Å². The van der Waals surface area contributed by atoms with E-state index in [2.05, 4.69) is 10.1 Å². The quantitative estimate of drug-likeness (QED) is 0.590. The summed E-state index contributed by atoms with van der Waals surface area (Å²) in [4.78, 5) is 41.4. The number of fused-ring (bicyclic) bond motifs is 1. The van der Waals surface area contributed by atoms with Crippen LogP contribution in [-0.4, -0.2) is 39.4 Å². The maximum absolute atomic E-state index is 12.3. The predicted octanol–water partition coefficient (Wildman–Crippen LogP) is 2.59. The van der Waals surface area contributed by atoms with Gasteiger partial charge in [0.05, 0.1) is 21.2 Å². The number of hydrogen-bond donors (Lipinski definition) is 0. The van der Waals surface area contributed by atoms with E-state index in [4.69, 9.17) is 32.5 Å². The molecule has 0 saturated carbocycles. The van der Waals surface area contributed by atoms with Crippen LogP contribution in [-0.2, 0) is 9.53 Å². The molecule has 1 aromatic heterocycles. The van der Waals surface area contributed by atoms with E-state index in [0.717, 1.165) is 4.90 Å². The van der Waals surface area contributed by atoms with Gasteiger partial charge in [-0.15, -0.1) is 0 Å². The first-order valence-corrected chi connectivity index (χ1v) is 7.88. The first-order chi connectivity index (χ1) is 11.8. The molecule has 1 aliphatic heterocycles. The van der Waals surface area contributed by atoms with Crippen LogP contribution in [0.2, 0.25) is 10.0 Å². The highest BCUT2D eigenvalue weighted by atomic mass is 35.5. The molecule has 130 valence electrons. The van der Waals surface area contributed by atoms with Gasteiger partial charge in [-0.3, -0.25) is 19.3 Å². The number of benzene rings is 1. The van der Waals surface area contributed by atoms with Crippen LogP contribution in [0.3, 0.4) is 0 Å². The molecule has 1 aliphatic rings. The average Bonchev–Trinajstić information content (AvgIpc) is 3.07. The van der Waals surface area contributed by atoms with Crippen molar-refractivity contribution >= 4 is 41.0 Å². The largest absolute Gasteiger partial charge is 0.451 e. The molecule has 1 unspecified atom stereocenters. The van der Waals surface area contributed by atoms with Crippen molar-refractivity contribution in [2.45, 2.75) is 20.0 Å². The van der Waals surface area contributed by atoms with Gasteiger partial charge in [0, 0.05) is 0 Å². The molecule has 0 radical (unpaired) electrons. The molecule has 0 saturated heterocycles. The van der Waals surface area contributed by atoms with Crippen LogP contribution in [0.1, 0.15) is 45.5 Å². The van der Waals surface area contributed by atoms with Gasteiger partial charge in [0.15, 0.2) is 11.9 Å². The van der Waals surface area contributed by atoms with E-state index >= 15 is 0 Å². The van der Waals surface area contributed by atoms with Crippen molar-refractivity contribution in [1.29, 1.82) is 0 Å². The van der Waals surface area contributed by atoms with Crippen LogP contribution in [0.5, 0.6) is 0 Å². The third-order valence-electron chi connectivity index (χ3n) is 3.50. The topological polar surface area (TPSA) is 103 Å². The van der Waals surface area contributed by atoms with Gasteiger partial charge in [-0.05, 0) is 26.0 Å². The molecule has 8 nitrogen and oxygen atoms in total. The summed E-state index contributed by atoms with van der Waals surface area (Å²) in [5.74, 6) is -1.57. The highest BCUT2D eigenvalue weighted by molar-refractivity contribution is 6.43. The minimum Gasteiger partial charge on any atom is -0.451 e. The van der Waals surface area contributed by atoms with Gasteiger partial charge in [0.25, 0.3) is 17.7 Å². The second-order valence-electron chi connectivity index (χ2n) is 5.32. The summed E-state index contributed by atoms with van der Waals surface area (Å²) in [6, 6.07) is 2.60. The fourth-order valence-electron chi connectivity index (χ4n) is 2.32. The third-order valence-corrected chi connectivity index (χ3v) is 4.22. The number of hydrogen-bond acceptors (Lipinski definition) is 7. The molecule has 1 atom stereocenters. The van der Waals surface area contributed by atoms with Crippen LogP contribution in [0.15, 0.2) is 16.7 Å². The van der Waals surface area contributed by atoms with Gasteiger partial charge in [-0.25, -0.2) is 0 Å². The van der Waals surface area contributed by atoms with Gasteiger partial charge in [0.1, 0.15) is 6.54 Å². The molecule has 0 spiro atoms. The zero-order chi connectivity index (χ0) is 18.3. The minimum absolute atomic E-state index is 0.0905. The number of carbonyl (C=O) groups is 3. The molecule has 2 amide bonds. The molecular formula is C15H11Cl2N3O5.